The Balaban J connectivity index is 4.43. The Bertz CT molecular complexity index is 68.7. The van der Waals surface area contributed by atoms with E-state index in [1.165, 1.54) is 0 Å². The Morgan fingerprint density at radius 1 is 0.857 bits per heavy atom. The summed E-state index contributed by atoms with van der Waals surface area (Å²) in [5.74, 6) is 0. The molecule has 7 heavy (non-hydrogen) atoms. The van der Waals surface area contributed by atoms with Crippen molar-refractivity contribution in [1.29, 1.82) is 0 Å². The van der Waals surface area contributed by atoms with Crippen molar-refractivity contribution in [2.45, 2.75) is 0 Å². The predicted octanol–water partition coefficient (Wildman–Crippen LogP) is 2.95. The quantitative estimate of drug-likeness (QED) is 0.569. The van der Waals surface area contributed by atoms with Crippen LogP contribution < -0.4 is 0 Å². The predicted molar refractivity (Wildman–Crippen MR) is 26.6 cm³/mol. The molecule has 7 heteroatoms. The summed E-state index contributed by atoms with van der Waals surface area (Å²) in [6.07, 6.45) is 0. The summed E-state index contributed by atoms with van der Waals surface area (Å²) in [4.78, 5) is 0. The number of halogens is 6. The van der Waals surface area contributed by atoms with Gasteiger partial charge in [-0.05, 0) is 0 Å². The van der Waals surface area contributed by atoms with E-state index in [0.29, 0.717) is 0 Å². The molecule has 0 aliphatic carbocycles. The molecule has 0 N–H and O–H groups in total. The molecule has 0 aromatic carbocycles. The van der Waals surface area contributed by atoms with Crippen molar-refractivity contribution in [1.82, 2.24) is 0 Å². The van der Waals surface area contributed by atoms with Gasteiger partial charge in [-0.15, -0.1) is 0 Å². The summed E-state index contributed by atoms with van der Waals surface area (Å²) >= 11 is 0. The van der Waals surface area contributed by atoms with Gasteiger partial charge in [0, 0.05) is 0 Å². The van der Waals surface area contributed by atoms with Crippen molar-refractivity contribution in [3.63, 3.8) is 0 Å². The minimum atomic E-state index is -8.15. The second kappa shape index (κ2) is 1.06. The van der Waals surface area contributed by atoms with Gasteiger partial charge >= 0.3 is 50.2 Å². The first kappa shape index (κ1) is 8.22. The average Bonchev–Trinajstić information content (AvgIpc) is 0.592. The number of rotatable bonds is 0. The zero-order valence-corrected chi connectivity index (χ0v) is 6.86. The zero-order chi connectivity index (χ0) is 6.41. The normalized spacial score (nSPS) is 23.1. The van der Waals surface area contributed by atoms with Crippen LogP contribution in [-0.4, -0.2) is 9.94 Å². The van der Waals surface area contributed by atoms with E-state index < -0.39 is 9.94 Å². The molecule has 0 heterocycles. The van der Waals surface area contributed by atoms with E-state index in [1.807, 2.05) is 0 Å². The van der Waals surface area contributed by atoms with Gasteiger partial charge in [0.05, 0.1) is 0 Å². The van der Waals surface area contributed by atoms with Crippen LogP contribution in [-0.2, 0) is 0 Å². The molecule has 0 atom stereocenters. The first-order valence-corrected chi connectivity index (χ1v) is 10.5. The van der Waals surface area contributed by atoms with Crippen LogP contribution in [0.15, 0.2) is 0 Å². The third-order valence-electron chi connectivity index (χ3n) is 0. The molecule has 0 saturated carbocycles. The fourth-order valence-electron chi connectivity index (χ4n) is 0. The van der Waals surface area contributed by atoms with E-state index in [0.717, 1.165) is 0 Å². The molecule has 48 valence electrons. The van der Waals surface area contributed by atoms with Gasteiger partial charge in [0.1, 0.15) is 0 Å². The standard InChI is InChI=1S/AsCl3F3/c2-1(3,4,5,6)7/q-1. The molecular formula is AsCl3F3-. The van der Waals surface area contributed by atoms with Crippen LogP contribution in [0.5, 0.6) is 0 Å². The first-order chi connectivity index (χ1) is 2.45. The van der Waals surface area contributed by atoms with E-state index in [-0.39, 0.29) is 0 Å². The van der Waals surface area contributed by atoms with Gasteiger partial charge in [0.25, 0.3) is 0 Å². The van der Waals surface area contributed by atoms with Crippen molar-refractivity contribution in [2.75, 3.05) is 0 Å². The van der Waals surface area contributed by atoms with Gasteiger partial charge in [0.2, 0.25) is 0 Å². The molecule has 0 unspecified atom stereocenters. The first-order valence-electron chi connectivity index (χ1n) is 1.01. The summed E-state index contributed by atoms with van der Waals surface area (Å²) < 4.78 is 33.6. The van der Waals surface area contributed by atoms with Gasteiger partial charge in [-0.2, -0.15) is 0 Å². The van der Waals surface area contributed by atoms with Crippen LogP contribution in [0.4, 0.5) is 10.4 Å². The molecule has 0 saturated heterocycles. The zero-order valence-electron chi connectivity index (χ0n) is 2.72. The van der Waals surface area contributed by atoms with Crippen LogP contribution in [0.2, 0.25) is 0 Å². The second-order valence-electron chi connectivity index (χ2n) is 0.958. The maximum absolute atomic E-state index is 11.2. The number of hydrogen-bond acceptors (Lipinski definition) is 0. The van der Waals surface area contributed by atoms with Crippen molar-refractivity contribution in [3.8, 4) is 0 Å². The molecule has 0 aliphatic heterocycles. The average molecular weight is 238 g/mol. The Morgan fingerprint density at radius 3 is 0.857 bits per heavy atom. The van der Waals surface area contributed by atoms with Crippen LogP contribution in [0, 0.1) is 0 Å². The molecule has 0 amide bonds. The second-order valence-corrected chi connectivity index (χ2v) is 18.9. The summed E-state index contributed by atoms with van der Waals surface area (Å²) in [5, 5.41) is 0. The van der Waals surface area contributed by atoms with Gasteiger partial charge < -0.3 is 0 Å². The Kier molecular flexibility index (Phi) is 1.25. The van der Waals surface area contributed by atoms with Crippen molar-refractivity contribution < 1.29 is 10.4 Å². The Labute approximate surface area is 50.3 Å². The maximum atomic E-state index is 11.2. The SMILES string of the molecule is F[As-](F)(F)(Cl)(Cl)Cl. The monoisotopic (exact) mass is 237 g/mol. The summed E-state index contributed by atoms with van der Waals surface area (Å²) in [6.45, 7) is 0. The topological polar surface area (TPSA) is 0 Å². The Morgan fingerprint density at radius 2 is 0.857 bits per heavy atom. The third kappa shape index (κ3) is 132. The van der Waals surface area contributed by atoms with Crippen LogP contribution >= 0.6 is 29.8 Å². The minimum absolute atomic E-state index is 3.75. The summed E-state index contributed by atoms with van der Waals surface area (Å²) in [5.41, 5.74) is 0. The molecular weight excluding hydrogens is 238 g/mol. The van der Waals surface area contributed by atoms with Crippen molar-refractivity contribution in [3.05, 3.63) is 0 Å². The molecule has 0 radical (unpaired) electrons. The van der Waals surface area contributed by atoms with E-state index in [9.17, 15) is 10.4 Å². The van der Waals surface area contributed by atoms with E-state index >= 15 is 0 Å². The summed E-state index contributed by atoms with van der Waals surface area (Å²) in [6, 6.07) is 0. The van der Waals surface area contributed by atoms with Crippen LogP contribution in [0.3, 0.4) is 0 Å². The Hall–Kier alpha value is 1.22. The molecule has 0 rings (SSSR count). The van der Waals surface area contributed by atoms with Crippen LogP contribution in [0.1, 0.15) is 0 Å². The third-order valence-corrected chi connectivity index (χ3v) is 0. The van der Waals surface area contributed by atoms with Crippen molar-refractivity contribution >= 4 is 39.8 Å². The molecule has 0 aromatic rings. The molecule has 0 spiro atoms. The van der Waals surface area contributed by atoms with Gasteiger partial charge in [0.15, 0.2) is 0 Å². The van der Waals surface area contributed by atoms with E-state index in [2.05, 4.69) is 29.8 Å². The van der Waals surface area contributed by atoms with Gasteiger partial charge in [-0.1, -0.05) is 0 Å². The fourth-order valence-corrected chi connectivity index (χ4v) is 0. The molecule has 0 fully saturated rings. The fraction of sp³-hybridized carbons (Fsp3) is 0. The van der Waals surface area contributed by atoms with Crippen molar-refractivity contribution in [2.24, 2.45) is 0 Å². The van der Waals surface area contributed by atoms with Gasteiger partial charge in [-0.25, -0.2) is 0 Å². The van der Waals surface area contributed by atoms with E-state index in [4.69, 9.17) is 0 Å². The molecule has 0 aromatic heterocycles. The van der Waals surface area contributed by atoms with E-state index in [1.54, 1.807) is 0 Å². The molecule has 0 aliphatic rings. The summed E-state index contributed by atoms with van der Waals surface area (Å²) in [7, 11) is 3.10. The number of hydrogen-bond donors (Lipinski definition) is 0. The molecule has 0 bridgehead atoms. The molecule has 0 nitrogen and oxygen atoms in total. The van der Waals surface area contributed by atoms with Crippen LogP contribution in [0.25, 0.3) is 0 Å². The van der Waals surface area contributed by atoms with Gasteiger partial charge in [-0.3, -0.25) is 0 Å².